The van der Waals surface area contributed by atoms with Gasteiger partial charge in [0.2, 0.25) is 0 Å². The van der Waals surface area contributed by atoms with Crippen molar-refractivity contribution in [3.05, 3.63) is 32.6 Å². The summed E-state index contributed by atoms with van der Waals surface area (Å²) in [6, 6.07) is 1.64. The van der Waals surface area contributed by atoms with E-state index in [1.807, 2.05) is 0 Å². The molecule has 0 atom stereocenters. The summed E-state index contributed by atoms with van der Waals surface area (Å²) in [6.45, 7) is 4.48. The maximum absolute atomic E-state index is 12.2. The minimum absolute atomic E-state index is 0.143. The lowest BCUT2D eigenvalue weighted by molar-refractivity contribution is 0.437. The molecule has 0 aliphatic carbocycles. The SMILES string of the molecule is CC1CCN(c2cnn(Cc3nnsc3Cl)c(=O)c2)CC1. The molecule has 2 aromatic rings. The van der Waals surface area contributed by atoms with Crippen LogP contribution < -0.4 is 10.5 Å². The molecule has 0 spiro atoms. The standard InChI is InChI=1S/C13H16ClN5OS/c1-9-2-4-18(5-3-9)10-6-12(20)19(15-7-10)8-11-13(14)21-17-16-11/h6-7,9H,2-5,8H2,1H3. The van der Waals surface area contributed by atoms with Crippen molar-refractivity contribution >= 4 is 28.8 Å². The van der Waals surface area contributed by atoms with Gasteiger partial charge in [-0.15, -0.1) is 5.10 Å². The van der Waals surface area contributed by atoms with Gasteiger partial charge in [0.1, 0.15) is 10.0 Å². The maximum Gasteiger partial charge on any atom is 0.269 e. The lowest BCUT2D eigenvalue weighted by Crippen LogP contribution is -2.34. The number of rotatable bonds is 3. The second-order valence-electron chi connectivity index (χ2n) is 5.37. The average molecular weight is 326 g/mol. The van der Waals surface area contributed by atoms with Crippen molar-refractivity contribution in [3.63, 3.8) is 0 Å². The lowest BCUT2D eigenvalue weighted by atomic mass is 9.99. The van der Waals surface area contributed by atoms with Gasteiger partial charge in [-0.2, -0.15) is 5.10 Å². The van der Waals surface area contributed by atoms with Crippen LogP contribution in [-0.4, -0.2) is 32.5 Å². The zero-order chi connectivity index (χ0) is 14.8. The zero-order valence-electron chi connectivity index (χ0n) is 11.7. The highest BCUT2D eigenvalue weighted by atomic mass is 35.5. The van der Waals surface area contributed by atoms with Gasteiger partial charge in [-0.25, -0.2) is 4.68 Å². The van der Waals surface area contributed by atoms with Crippen molar-refractivity contribution in [3.8, 4) is 0 Å². The summed E-state index contributed by atoms with van der Waals surface area (Å²) < 4.78 is 5.61. The monoisotopic (exact) mass is 325 g/mol. The molecule has 112 valence electrons. The Morgan fingerprint density at radius 2 is 2.19 bits per heavy atom. The Hall–Kier alpha value is -1.47. The fraction of sp³-hybridized carbons (Fsp3) is 0.538. The molecular formula is C13H16ClN5OS. The van der Waals surface area contributed by atoms with Gasteiger partial charge >= 0.3 is 0 Å². The Bertz CT molecular complexity index is 677. The highest BCUT2D eigenvalue weighted by Crippen LogP contribution is 2.21. The maximum atomic E-state index is 12.2. The molecule has 0 amide bonds. The molecule has 2 aromatic heterocycles. The molecule has 21 heavy (non-hydrogen) atoms. The summed E-state index contributed by atoms with van der Waals surface area (Å²) in [5.74, 6) is 0.758. The molecule has 3 heterocycles. The van der Waals surface area contributed by atoms with Gasteiger partial charge in [-0.3, -0.25) is 4.79 Å². The number of anilines is 1. The smallest absolute Gasteiger partial charge is 0.269 e. The van der Waals surface area contributed by atoms with Gasteiger partial charge in [-0.1, -0.05) is 23.0 Å². The summed E-state index contributed by atoms with van der Waals surface area (Å²) in [4.78, 5) is 14.4. The van der Waals surface area contributed by atoms with E-state index in [0.717, 1.165) is 49.1 Å². The van der Waals surface area contributed by atoms with E-state index in [1.165, 1.54) is 4.68 Å². The molecule has 1 fully saturated rings. The van der Waals surface area contributed by atoms with Crippen LogP contribution >= 0.6 is 23.1 Å². The molecule has 0 radical (unpaired) electrons. The molecule has 0 aromatic carbocycles. The van der Waals surface area contributed by atoms with E-state index in [4.69, 9.17) is 11.6 Å². The van der Waals surface area contributed by atoms with Crippen molar-refractivity contribution in [1.82, 2.24) is 19.4 Å². The number of aromatic nitrogens is 4. The van der Waals surface area contributed by atoms with Gasteiger partial charge in [-0.05, 0) is 18.8 Å². The third-order valence-electron chi connectivity index (χ3n) is 3.81. The largest absolute Gasteiger partial charge is 0.370 e. The van der Waals surface area contributed by atoms with Crippen LogP contribution in [0.2, 0.25) is 4.34 Å². The quantitative estimate of drug-likeness (QED) is 0.864. The number of hydrogen-bond acceptors (Lipinski definition) is 6. The third-order valence-corrected chi connectivity index (χ3v) is 4.80. The molecule has 3 rings (SSSR count). The van der Waals surface area contributed by atoms with Crippen LogP contribution in [0.3, 0.4) is 0 Å². The van der Waals surface area contributed by atoms with E-state index in [9.17, 15) is 4.79 Å². The second kappa shape index (κ2) is 6.11. The summed E-state index contributed by atoms with van der Waals surface area (Å²) in [5, 5.41) is 8.13. The van der Waals surface area contributed by atoms with E-state index < -0.39 is 0 Å². The van der Waals surface area contributed by atoms with Gasteiger partial charge in [0.25, 0.3) is 5.56 Å². The summed E-state index contributed by atoms with van der Waals surface area (Å²) in [6.07, 6.45) is 4.05. The third kappa shape index (κ3) is 3.24. The number of hydrogen-bond donors (Lipinski definition) is 0. The van der Waals surface area contributed by atoms with Crippen LogP contribution in [0.1, 0.15) is 25.5 Å². The van der Waals surface area contributed by atoms with Crippen LogP contribution in [0.15, 0.2) is 17.1 Å². The van der Waals surface area contributed by atoms with Gasteiger partial charge < -0.3 is 4.90 Å². The normalized spacial score (nSPS) is 16.4. The molecule has 6 nitrogen and oxygen atoms in total. The Morgan fingerprint density at radius 3 is 2.81 bits per heavy atom. The first-order chi connectivity index (χ1) is 10.1. The summed E-state index contributed by atoms with van der Waals surface area (Å²) in [7, 11) is 0. The molecular weight excluding hydrogens is 310 g/mol. The van der Waals surface area contributed by atoms with Crippen molar-refractivity contribution in [1.29, 1.82) is 0 Å². The predicted octanol–water partition coefficient (Wildman–Crippen LogP) is 2.03. The fourth-order valence-corrected chi connectivity index (χ4v) is 3.03. The van der Waals surface area contributed by atoms with Gasteiger partial charge in [0.15, 0.2) is 0 Å². The molecule has 0 saturated carbocycles. The number of halogens is 1. The Morgan fingerprint density at radius 1 is 1.43 bits per heavy atom. The number of nitrogens with zero attached hydrogens (tertiary/aromatic N) is 5. The Kier molecular flexibility index (Phi) is 4.21. The molecule has 0 N–H and O–H groups in total. The molecule has 1 aliphatic rings. The minimum atomic E-state index is -0.143. The van der Waals surface area contributed by atoms with Gasteiger partial charge in [0.05, 0.1) is 18.4 Å². The first-order valence-electron chi connectivity index (χ1n) is 6.92. The molecule has 8 heteroatoms. The highest BCUT2D eigenvalue weighted by Gasteiger charge is 2.17. The molecule has 1 saturated heterocycles. The molecule has 0 unspecified atom stereocenters. The molecule has 0 bridgehead atoms. The van der Waals surface area contributed by atoms with E-state index in [2.05, 4.69) is 26.5 Å². The van der Waals surface area contributed by atoms with Crippen LogP contribution in [0, 0.1) is 5.92 Å². The van der Waals surface area contributed by atoms with E-state index >= 15 is 0 Å². The van der Waals surface area contributed by atoms with Gasteiger partial charge in [0, 0.05) is 30.7 Å². The topological polar surface area (TPSA) is 63.9 Å². The van der Waals surface area contributed by atoms with Crippen LogP contribution in [-0.2, 0) is 6.54 Å². The van der Waals surface area contributed by atoms with E-state index in [0.29, 0.717) is 10.0 Å². The van der Waals surface area contributed by atoms with Crippen LogP contribution in [0.25, 0.3) is 0 Å². The predicted molar refractivity (Wildman–Crippen MR) is 83.1 cm³/mol. The minimum Gasteiger partial charge on any atom is -0.370 e. The Labute approximate surface area is 131 Å². The van der Waals surface area contributed by atoms with Crippen molar-refractivity contribution < 1.29 is 0 Å². The first kappa shape index (κ1) is 14.5. The summed E-state index contributed by atoms with van der Waals surface area (Å²) >= 11 is 7.06. The van der Waals surface area contributed by atoms with E-state index in [-0.39, 0.29) is 12.1 Å². The fourth-order valence-electron chi connectivity index (χ4n) is 2.42. The average Bonchev–Trinajstić information content (AvgIpc) is 2.87. The van der Waals surface area contributed by atoms with Crippen LogP contribution in [0.4, 0.5) is 5.69 Å². The van der Waals surface area contributed by atoms with Crippen molar-refractivity contribution in [2.45, 2.75) is 26.3 Å². The highest BCUT2D eigenvalue weighted by molar-refractivity contribution is 7.10. The van der Waals surface area contributed by atoms with E-state index in [1.54, 1.807) is 12.3 Å². The number of piperidine rings is 1. The second-order valence-corrected chi connectivity index (χ2v) is 6.73. The van der Waals surface area contributed by atoms with Crippen LogP contribution in [0.5, 0.6) is 0 Å². The first-order valence-corrected chi connectivity index (χ1v) is 8.07. The zero-order valence-corrected chi connectivity index (χ0v) is 13.3. The molecule has 1 aliphatic heterocycles. The van der Waals surface area contributed by atoms with Crippen molar-refractivity contribution in [2.75, 3.05) is 18.0 Å². The lowest BCUT2D eigenvalue weighted by Gasteiger charge is -2.31. The van der Waals surface area contributed by atoms with Crippen molar-refractivity contribution in [2.24, 2.45) is 5.92 Å². The Balaban J connectivity index is 1.77. The summed E-state index contributed by atoms with van der Waals surface area (Å²) in [5.41, 5.74) is 1.33.